The lowest BCUT2D eigenvalue weighted by Crippen LogP contribution is -2.40. The minimum absolute atomic E-state index is 0.0407. The minimum atomic E-state index is -5.48. The van der Waals surface area contributed by atoms with Crippen LogP contribution in [-0.2, 0) is 4.74 Å². The maximum atomic E-state index is 12.8. The van der Waals surface area contributed by atoms with E-state index in [1.807, 2.05) is 0 Å². The molecule has 148 valence electrons. The van der Waals surface area contributed by atoms with Crippen LogP contribution in [0.5, 0.6) is 0 Å². The summed E-state index contributed by atoms with van der Waals surface area (Å²) in [5.74, 6) is -3.76. The molecule has 25 heavy (non-hydrogen) atoms. The average Bonchev–Trinajstić information content (AvgIpc) is 2.87. The van der Waals surface area contributed by atoms with E-state index < -0.39 is 24.1 Å². The molecule has 0 saturated carbocycles. The molecule has 1 aliphatic rings. The lowest BCUT2D eigenvalue weighted by Gasteiger charge is -2.28. The van der Waals surface area contributed by atoms with E-state index >= 15 is 0 Å². The first-order chi connectivity index (χ1) is 11.3. The van der Waals surface area contributed by atoms with Gasteiger partial charge < -0.3 is 9.64 Å². The molecular weight excluding hydrogens is 365 g/mol. The van der Waals surface area contributed by atoms with Gasteiger partial charge in [0, 0.05) is 19.0 Å². The third kappa shape index (κ3) is 7.58. The molecule has 0 aromatic heterocycles. The number of rotatable bonds is 7. The molecule has 0 aliphatic carbocycles. The fraction of sp³-hybridized carbons (Fsp3) is 0.938. The fourth-order valence-corrected chi connectivity index (χ4v) is 3.55. The minimum Gasteiger partial charge on any atom is -0.444 e. The molecular formula is C16H26F5NO2S. The van der Waals surface area contributed by atoms with Gasteiger partial charge in [0.25, 0.3) is 0 Å². The number of hydrogen-bond donors (Lipinski definition) is 0. The monoisotopic (exact) mass is 391 g/mol. The second kappa shape index (κ2) is 8.77. The van der Waals surface area contributed by atoms with Gasteiger partial charge >= 0.3 is 18.2 Å². The van der Waals surface area contributed by atoms with Gasteiger partial charge in [-0.1, -0.05) is 0 Å². The predicted molar refractivity (Wildman–Crippen MR) is 88.1 cm³/mol. The third-order valence-corrected chi connectivity index (χ3v) is 4.90. The second-order valence-corrected chi connectivity index (χ2v) is 8.40. The van der Waals surface area contributed by atoms with Crippen molar-refractivity contribution in [1.82, 2.24) is 4.90 Å². The predicted octanol–water partition coefficient (Wildman–Crippen LogP) is 5.49. The van der Waals surface area contributed by atoms with Crippen molar-refractivity contribution in [2.45, 2.75) is 76.6 Å². The highest BCUT2D eigenvalue weighted by molar-refractivity contribution is 7.99. The van der Waals surface area contributed by atoms with Crippen LogP contribution in [0.1, 0.15) is 52.9 Å². The van der Waals surface area contributed by atoms with E-state index in [0.717, 1.165) is 12.8 Å². The van der Waals surface area contributed by atoms with Gasteiger partial charge in [0.1, 0.15) is 5.60 Å². The van der Waals surface area contributed by atoms with Crippen molar-refractivity contribution in [3.05, 3.63) is 0 Å². The van der Waals surface area contributed by atoms with Crippen molar-refractivity contribution >= 4 is 17.9 Å². The maximum absolute atomic E-state index is 12.8. The van der Waals surface area contributed by atoms with Crippen LogP contribution in [0.2, 0.25) is 0 Å². The van der Waals surface area contributed by atoms with Crippen molar-refractivity contribution in [2.24, 2.45) is 0 Å². The van der Waals surface area contributed by atoms with E-state index in [1.54, 1.807) is 25.7 Å². The van der Waals surface area contributed by atoms with Gasteiger partial charge in [0.2, 0.25) is 0 Å². The number of ether oxygens (including phenoxy) is 1. The van der Waals surface area contributed by atoms with Crippen LogP contribution in [0, 0.1) is 0 Å². The Kier molecular flexibility index (Phi) is 7.83. The quantitative estimate of drug-likeness (QED) is 0.425. The van der Waals surface area contributed by atoms with Crippen LogP contribution in [-0.4, -0.2) is 52.8 Å². The highest BCUT2D eigenvalue weighted by Crippen LogP contribution is 2.39. The fourth-order valence-electron chi connectivity index (χ4n) is 2.56. The standard InChI is InChI=1S/C16H26F5NO2S/c1-14(2,3)24-13(23)22-9-4-6-12(22)7-11-25-10-5-8-15(17,18)16(19,20)21/h12H,4-11H2,1-3H3. The molecule has 1 aliphatic heterocycles. The summed E-state index contributed by atoms with van der Waals surface area (Å²) in [5, 5.41) is 0. The third-order valence-electron chi connectivity index (χ3n) is 3.79. The van der Waals surface area contributed by atoms with E-state index in [1.165, 1.54) is 11.8 Å². The summed E-state index contributed by atoms with van der Waals surface area (Å²) in [5.41, 5.74) is -0.567. The zero-order valence-corrected chi connectivity index (χ0v) is 15.6. The Bertz CT molecular complexity index is 437. The number of nitrogens with zero attached hydrogens (tertiary/aromatic N) is 1. The molecule has 0 bridgehead atoms. The lowest BCUT2D eigenvalue weighted by atomic mass is 10.2. The molecule has 1 heterocycles. The van der Waals surface area contributed by atoms with Crippen molar-refractivity contribution in [3.8, 4) is 0 Å². The van der Waals surface area contributed by atoms with Gasteiger partial charge in [-0.25, -0.2) is 4.79 Å². The normalized spacial score (nSPS) is 19.4. The number of carbonyl (C=O) groups excluding carboxylic acids is 1. The molecule has 1 atom stereocenters. The van der Waals surface area contributed by atoms with Crippen LogP contribution in [0.25, 0.3) is 0 Å². The van der Waals surface area contributed by atoms with Gasteiger partial charge in [0.15, 0.2) is 0 Å². The summed E-state index contributed by atoms with van der Waals surface area (Å²) in [4.78, 5) is 13.8. The molecule has 0 N–H and O–H groups in total. The Morgan fingerprint density at radius 2 is 1.80 bits per heavy atom. The van der Waals surface area contributed by atoms with Crippen molar-refractivity contribution < 1.29 is 31.5 Å². The topological polar surface area (TPSA) is 29.5 Å². The van der Waals surface area contributed by atoms with Crippen LogP contribution in [0.4, 0.5) is 26.7 Å². The van der Waals surface area contributed by atoms with Gasteiger partial charge in [-0.3, -0.25) is 0 Å². The van der Waals surface area contributed by atoms with Crippen LogP contribution >= 0.6 is 11.8 Å². The number of amides is 1. The number of thioether (sulfide) groups is 1. The van der Waals surface area contributed by atoms with Crippen LogP contribution < -0.4 is 0 Å². The molecule has 1 fully saturated rings. The van der Waals surface area contributed by atoms with E-state index in [4.69, 9.17) is 4.74 Å². The Labute approximate surface area is 149 Å². The molecule has 9 heteroatoms. The van der Waals surface area contributed by atoms with E-state index in [-0.39, 0.29) is 24.3 Å². The van der Waals surface area contributed by atoms with E-state index in [2.05, 4.69) is 0 Å². The van der Waals surface area contributed by atoms with E-state index in [0.29, 0.717) is 18.7 Å². The molecule has 3 nitrogen and oxygen atoms in total. The van der Waals surface area contributed by atoms with Crippen molar-refractivity contribution in [3.63, 3.8) is 0 Å². The Hall–Kier alpha value is -0.730. The first-order valence-corrected chi connectivity index (χ1v) is 9.51. The Balaban J connectivity index is 2.26. The Morgan fingerprint density at radius 1 is 1.16 bits per heavy atom. The van der Waals surface area contributed by atoms with E-state index in [9.17, 15) is 26.7 Å². The largest absolute Gasteiger partial charge is 0.453 e. The van der Waals surface area contributed by atoms with Gasteiger partial charge in [-0.05, 0) is 58.0 Å². The van der Waals surface area contributed by atoms with Crippen LogP contribution in [0.15, 0.2) is 0 Å². The highest BCUT2D eigenvalue weighted by atomic mass is 32.2. The Morgan fingerprint density at radius 3 is 2.36 bits per heavy atom. The molecule has 0 spiro atoms. The number of likely N-dealkylation sites (tertiary alicyclic amines) is 1. The molecule has 1 unspecified atom stereocenters. The summed E-state index contributed by atoms with van der Waals surface area (Å²) >= 11 is 1.34. The summed E-state index contributed by atoms with van der Waals surface area (Å²) < 4.78 is 67.0. The van der Waals surface area contributed by atoms with Gasteiger partial charge in [-0.2, -0.15) is 33.7 Å². The average molecular weight is 391 g/mol. The molecule has 1 saturated heterocycles. The van der Waals surface area contributed by atoms with Gasteiger partial charge in [-0.15, -0.1) is 0 Å². The zero-order valence-electron chi connectivity index (χ0n) is 14.8. The van der Waals surface area contributed by atoms with Crippen LogP contribution in [0.3, 0.4) is 0 Å². The molecule has 0 aromatic rings. The molecule has 0 radical (unpaired) electrons. The SMILES string of the molecule is CC(C)(C)OC(=O)N1CCCC1CCSCCCC(F)(F)C(F)(F)F. The number of hydrogen-bond acceptors (Lipinski definition) is 3. The maximum Gasteiger partial charge on any atom is 0.453 e. The second-order valence-electron chi connectivity index (χ2n) is 7.18. The zero-order chi connectivity index (χ0) is 19.3. The molecule has 1 amide bonds. The smallest absolute Gasteiger partial charge is 0.444 e. The number of carbonyl (C=O) groups is 1. The summed E-state index contributed by atoms with van der Waals surface area (Å²) in [6.07, 6.45) is -4.80. The highest BCUT2D eigenvalue weighted by Gasteiger charge is 2.56. The first-order valence-electron chi connectivity index (χ1n) is 8.35. The number of halogens is 5. The molecule has 1 rings (SSSR count). The van der Waals surface area contributed by atoms with Gasteiger partial charge in [0.05, 0.1) is 0 Å². The summed E-state index contributed by atoms with van der Waals surface area (Å²) in [6, 6.07) is 0.0407. The summed E-state index contributed by atoms with van der Waals surface area (Å²) in [7, 11) is 0. The number of alkyl halides is 5. The molecule has 0 aromatic carbocycles. The lowest BCUT2D eigenvalue weighted by molar-refractivity contribution is -0.284. The summed E-state index contributed by atoms with van der Waals surface area (Å²) in [6.45, 7) is 6.01. The first kappa shape index (κ1) is 22.3. The van der Waals surface area contributed by atoms with Crippen molar-refractivity contribution in [2.75, 3.05) is 18.1 Å². The van der Waals surface area contributed by atoms with Crippen molar-refractivity contribution in [1.29, 1.82) is 0 Å².